The smallest absolute Gasteiger partial charge is 0.0839 e. The van der Waals surface area contributed by atoms with Crippen LogP contribution in [-0.2, 0) is 9.47 Å². The fourth-order valence-electron chi connectivity index (χ4n) is 3.46. The number of para-hydroxylation sites is 1. The minimum Gasteiger partial charge on any atom is -0.398 e. The molecule has 0 aliphatic carbocycles. The molecule has 0 amide bonds. The third kappa shape index (κ3) is 2.68. The van der Waals surface area contributed by atoms with E-state index in [0.29, 0.717) is 12.3 Å². The summed E-state index contributed by atoms with van der Waals surface area (Å²) in [5.74, 6) is 0.214. The minimum absolute atomic E-state index is 0.0916. The van der Waals surface area contributed by atoms with Gasteiger partial charge in [-0.1, -0.05) is 18.2 Å². The van der Waals surface area contributed by atoms with Gasteiger partial charge in [0.05, 0.1) is 11.7 Å². The average Bonchev–Trinajstić information content (AvgIpc) is 2.48. The fourth-order valence-corrected chi connectivity index (χ4v) is 3.46. The Balaban J connectivity index is 1.75. The maximum Gasteiger partial charge on any atom is 0.0839 e. The van der Waals surface area contributed by atoms with Gasteiger partial charge in [-0.05, 0) is 37.7 Å². The van der Waals surface area contributed by atoms with Gasteiger partial charge in [-0.3, -0.25) is 0 Å². The lowest BCUT2D eigenvalue weighted by Crippen LogP contribution is -2.45. The minimum atomic E-state index is -0.500. The third-order valence-electron chi connectivity index (χ3n) is 4.70. The van der Waals surface area contributed by atoms with Crippen LogP contribution in [-0.4, -0.2) is 30.5 Å². The summed E-state index contributed by atoms with van der Waals surface area (Å²) in [7, 11) is 0. The largest absolute Gasteiger partial charge is 0.398 e. The summed E-state index contributed by atoms with van der Waals surface area (Å²) in [6.45, 7) is 2.24. The van der Waals surface area contributed by atoms with Crippen molar-refractivity contribution in [3.63, 3.8) is 0 Å². The zero-order valence-electron chi connectivity index (χ0n) is 11.8. The highest BCUT2D eigenvalue weighted by atomic mass is 16.5. The van der Waals surface area contributed by atoms with Gasteiger partial charge < -0.3 is 20.3 Å². The molecular formula is C16H23NO3. The number of aliphatic hydroxyl groups excluding tert-OH is 1. The van der Waals surface area contributed by atoms with E-state index < -0.39 is 6.10 Å². The highest BCUT2D eigenvalue weighted by molar-refractivity contribution is 5.47. The number of hydrogen-bond donors (Lipinski definition) is 2. The van der Waals surface area contributed by atoms with Crippen LogP contribution in [0.1, 0.15) is 37.4 Å². The summed E-state index contributed by atoms with van der Waals surface area (Å²) in [4.78, 5) is 0. The van der Waals surface area contributed by atoms with Gasteiger partial charge in [-0.25, -0.2) is 0 Å². The number of aliphatic hydroxyl groups is 1. The topological polar surface area (TPSA) is 64.7 Å². The predicted molar refractivity (Wildman–Crippen MR) is 77.3 cm³/mol. The molecule has 1 aromatic rings. The Hall–Kier alpha value is -1.10. The molecule has 0 bridgehead atoms. The lowest BCUT2D eigenvalue weighted by atomic mass is 9.77. The van der Waals surface area contributed by atoms with Crippen LogP contribution < -0.4 is 5.73 Å². The maximum absolute atomic E-state index is 10.7. The van der Waals surface area contributed by atoms with Gasteiger partial charge in [0.2, 0.25) is 0 Å². The summed E-state index contributed by atoms with van der Waals surface area (Å²) in [6, 6.07) is 7.60. The Kier molecular flexibility index (Phi) is 3.96. The molecule has 2 fully saturated rings. The number of nitrogen functional groups attached to an aromatic ring is 1. The van der Waals surface area contributed by atoms with Crippen molar-refractivity contribution < 1.29 is 14.6 Å². The van der Waals surface area contributed by atoms with Gasteiger partial charge in [0, 0.05) is 31.1 Å². The molecule has 4 nitrogen and oxygen atoms in total. The molecule has 2 atom stereocenters. The highest BCUT2D eigenvalue weighted by Gasteiger charge is 2.41. The number of rotatable bonds is 2. The second kappa shape index (κ2) is 5.72. The molecule has 110 valence electrons. The van der Waals surface area contributed by atoms with Crippen LogP contribution in [0.15, 0.2) is 24.3 Å². The zero-order chi connectivity index (χ0) is 14.0. The number of benzene rings is 1. The fraction of sp³-hybridized carbons (Fsp3) is 0.625. The lowest BCUT2D eigenvalue weighted by Gasteiger charge is -2.44. The first-order valence-electron chi connectivity index (χ1n) is 7.44. The monoisotopic (exact) mass is 277 g/mol. The molecule has 2 aliphatic heterocycles. The van der Waals surface area contributed by atoms with Crippen molar-refractivity contribution in [2.24, 2.45) is 5.92 Å². The molecule has 1 aromatic carbocycles. The van der Waals surface area contributed by atoms with Gasteiger partial charge in [0.25, 0.3) is 0 Å². The number of nitrogens with two attached hydrogens (primary N) is 1. The summed E-state index contributed by atoms with van der Waals surface area (Å²) in [5.41, 5.74) is 7.42. The van der Waals surface area contributed by atoms with E-state index in [4.69, 9.17) is 15.2 Å². The lowest BCUT2D eigenvalue weighted by molar-refractivity contribution is -0.159. The van der Waals surface area contributed by atoms with Crippen molar-refractivity contribution in [3.8, 4) is 0 Å². The van der Waals surface area contributed by atoms with Crippen molar-refractivity contribution in [1.82, 2.24) is 0 Å². The van der Waals surface area contributed by atoms with E-state index in [0.717, 1.165) is 44.5 Å². The predicted octanol–water partition coefficient (Wildman–Crippen LogP) is 2.28. The Morgan fingerprint density at radius 2 is 1.95 bits per heavy atom. The quantitative estimate of drug-likeness (QED) is 0.814. The van der Waals surface area contributed by atoms with Crippen molar-refractivity contribution in [1.29, 1.82) is 0 Å². The van der Waals surface area contributed by atoms with E-state index in [2.05, 4.69) is 0 Å². The molecule has 2 heterocycles. The van der Waals surface area contributed by atoms with E-state index in [1.807, 2.05) is 24.3 Å². The van der Waals surface area contributed by atoms with Crippen LogP contribution in [0, 0.1) is 5.92 Å². The van der Waals surface area contributed by atoms with Gasteiger partial charge in [0.1, 0.15) is 0 Å². The average molecular weight is 277 g/mol. The molecule has 0 aromatic heterocycles. The molecule has 2 unspecified atom stereocenters. The Morgan fingerprint density at radius 1 is 1.20 bits per heavy atom. The van der Waals surface area contributed by atoms with Crippen LogP contribution in [0.25, 0.3) is 0 Å². The Morgan fingerprint density at radius 3 is 2.70 bits per heavy atom. The molecule has 0 saturated carbocycles. The number of ether oxygens (including phenoxy) is 2. The zero-order valence-corrected chi connectivity index (χ0v) is 11.8. The second-order valence-electron chi connectivity index (χ2n) is 5.97. The van der Waals surface area contributed by atoms with Crippen molar-refractivity contribution in [2.45, 2.75) is 37.4 Å². The van der Waals surface area contributed by atoms with Gasteiger partial charge in [-0.15, -0.1) is 0 Å². The van der Waals surface area contributed by atoms with Gasteiger partial charge >= 0.3 is 0 Å². The normalized spacial score (nSPS) is 27.4. The van der Waals surface area contributed by atoms with Crippen LogP contribution in [0.3, 0.4) is 0 Å². The van der Waals surface area contributed by atoms with Crippen molar-refractivity contribution in [2.75, 3.05) is 25.6 Å². The molecule has 20 heavy (non-hydrogen) atoms. The van der Waals surface area contributed by atoms with Crippen LogP contribution in [0.4, 0.5) is 5.69 Å². The first kappa shape index (κ1) is 13.9. The molecule has 1 spiro atoms. The van der Waals surface area contributed by atoms with E-state index in [9.17, 15) is 5.11 Å². The summed E-state index contributed by atoms with van der Waals surface area (Å²) < 4.78 is 11.5. The molecule has 0 radical (unpaired) electrons. The van der Waals surface area contributed by atoms with Gasteiger partial charge in [-0.2, -0.15) is 0 Å². The first-order valence-corrected chi connectivity index (χ1v) is 7.44. The summed E-state index contributed by atoms with van der Waals surface area (Å²) in [6.07, 6.45) is 3.14. The standard InChI is InChI=1S/C16H23NO3/c17-14-4-2-1-3-13(14)15(18)12-5-8-20-16(11-12)6-9-19-10-7-16/h1-4,12,15,18H,5-11,17H2. The van der Waals surface area contributed by atoms with Gasteiger partial charge in [0.15, 0.2) is 0 Å². The van der Waals surface area contributed by atoms with E-state index >= 15 is 0 Å². The van der Waals surface area contributed by atoms with Crippen LogP contribution >= 0.6 is 0 Å². The number of hydrogen-bond acceptors (Lipinski definition) is 4. The second-order valence-corrected chi connectivity index (χ2v) is 5.97. The summed E-state index contributed by atoms with van der Waals surface area (Å²) >= 11 is 0. The molecule has 2 aliphatic rings. The molecule has 4 heteroatoms. The van der Waals surface area contributed by atoms with Crippen molar-refractivity contribution in [3.05, 3.63) is 29.8 Å². The summed E-state index contributed by atoms with van der Waals surface area (Å²) in [5, 5.41) is 10.7. The Bertz CT molecular complexity index is 451. The highest BCUT2D eigenvalue weighted by Crippen LogP contribution is 2.42. The first-order chi connectivity index (χ1) is 9.70. The molecule has 3 N–H and O–H groups in total. The van der Waals surface area contributed by atoms with Crippen LogP contribution in [0.5, 0.6) is 0 Å². The SMILES string of the molecule is Nc1ccccc1C(O)C1CCOC2(CCOCC2)C1. The van der Waals surface area contributed by atoms with Crippen LogP contribution in [0.2, 0.25) is 0 Å². The number of anilines is 1. The Labute approximate surface area is 119 Å². The van der Waals surface area contributed by atoms with E-state index in [1.165, 1.54) is 0 Å². The van der Waals surface area contributed by atoms with E-state index in [-0.39, 0.29) is 11.5 Å². The van der Waals surface area contributed by atoms with Crippen molar-refractivity contribution >= 4 is 5.69 Å². The maximum atomic E-state index is 10.7. The third-order valence-corrected chi connectivity index (χ3v) is 4.70. The van der Waals surface area contributed by atoms with E-state index in [1.54, 1.807) is 0 Å². The molecule has 2 saturated heterocycles. The molecule has 3 rings (SSSR count). The molecular weight excluding hydrogens is 254 g/mol.